The van der Waals surface area contributed by atoms with Crippen LogP contribution in [0.1, 0.15) is 19.3 Å². The first kappa shape index (κ1) is 6.99. The first-order valence-corrected chi connectivity index (χ1v) is 3.33. The van der Waals surface area contributed by atoms with E-state index < -0.39 is 12.2 Å². The third-order valence-electron chi connectivity index (χ3n) is 1.87. The van der Waals surface area contributed by atoms with Crippen molar-refractivity contribution in [1.82, 2.24) is 0 Å². The summed E-state index contributed by atoms with van der Waals surface area (Å²) in [7, 11) is 0. The van der Waals surface area contributed by atoms with Crippen molar-refractivity contribution in [2.24, 2.45) is 5.73 Å². The number of aliphatic hydroxyl groups excluding tert-OH is 2. The van der Waals surface area contributed by atoms with Crippen molar-refractivity contribution >= 4 is 0 Å². The second kappa shape index (κ2) is 2.64. The zero-order chi connectivity index (χ0) is 6.85. The Labute approximate surface area is 54.5 Å². The van der Waals surface area contributed by atoms with E-state index in [0.717, 1.165) is 12.8 Å². The van der Waals surface area contributed by atoms with Crippen LogP contribution in [0, 0.1) is 0 Å². The van der Waals surface area contributed by atoms with Gasteiger partial charge in [0.05, 0.1) is 12.2 Å². The molecule has 0 aliphatic heterocycles. The molecule has 0 spiro atoms. The number of hydrogen-bond donors (Lipinski definition) is 3. The molecule has 4 N–H and O–H groups in total. The summed E-state index contributed by atoms with van der Waals surface area (Å²) < 4.78 is 0. The predicted molar refractivity (Wildman–Crippen MR) is 33.8 cm³/mol. The SMILES string of the molecule is N[C@H]1CCC[C@@H](O)[C@H]1O. The number of hydrogen-bond acceptors (Lipinski definition) is 3. The van der Waals surface area contributed by atoms with E-state index in [0.29, 0.717) is 6.42 Å². The van der Waals surface area contributed by atoms with Crippen molar-refractivity contribution in [2.75, 3.05) is 0 Å². The summed E-state index contributed by atoms with van der Waals surface area (Å²) in [5.41, 5.74) is 5.46. The maximum atomic E-state index is 9.07. The van der Waals surface area contributed by atoms with Crippen molar-refractivity contribution in [1.29, 1.82) is 0 Å². The molecule has 0 radical (unpaired) electrons. The lowest BCUT2D eigenvalue weighted by atomic mass is 9.91. The van der Waals surface area contributed by atoms with Gasteiger partial charge < -0.3 is 15.9 Å². The van der Waals surface area contributed by atoms with Crippen LogP contribution in [0.4, 0.5) is 0 Å². The molecule has 9 heavy (non-hydrogen) atoms. The van der Waals surface area contributed by atoms with Gasteiger partial charge in [-0.15, -0.1) is 0 Å². The van der Waals surface area contributed by atoms with Crippen LogP contribution in [0.3, 0.4) is 0 Å². The molecule has 0 saturated heterocycles. The van der Waals surface area contributed by atoms with Gasteiger partial charge >= 0.3 is 0 Å². The van der Waals surface area contributed by atoms with E-state index in [1.807, 2.05) is 0 Å². The lowest BCUT2D eigenvalue weighted by molar-refractivity contribution is -0.0205. The van der Waals surface area contributed by atoms with Gasteiger partial charge in [0.2, 0.25) is 0 Å². The molecule has 0 amide bonds. The van der Waals surface area contributed by atoms with Gasteiger partial charge in [-0.3, -0.25) is 0 Å². The third kappa shape index (κ3) is 1.41. The van der Waals surface area contributed by atoms with Gasteiger partial charge in [0.25, 0.3) is 0 Å². The zero-order valence-corrected chi connectivity index (χ0v) is 5.33. The molecule has 0 aromatic heterocycles. The van der Waals surface area contributed by atoms with Gasteiger partial charge in [-0.05, 0) is 19.3 Å². The summed E-state index contributed by atoms with van der Waals surface area (Å²) in [6, 6.07) is -0.214. The minimum absolute atomic E-state index is 0.214. The number of aliphatic hydroxyl groups is 2. The van der Waals surface area contributed by atoms with Crippen LogP contribution in [-0.2, 0) is 0 Å². The van der Waals surface area contributed by atoms with Crippen molar-refractivity contribution < 1.29 is 10.2 Å². The molecule has 0 unspecified atom stereocenters. The van der Waals surface area contributed by atoms with Crippen LogP contribution < -0.4 is 5.73 Å². The topological polar surface area (TPSA) is 66.5 Å². The first-order valence-electron chi connectivity index (χ1n) is 3.33. The van der Waals surface area contributed by atoms with E-state index >= 15 is 0 Å². The maximum Gasteiger partial charge on any atom is 0.0949 e. The Balaban J connectivity index is 2.41. The smallest absolute Gasteiger partial charge is 0.0949 e. The summed E-state index contributed by atoms with van der Waals surface area (Å²) in [4.78, 5) is 0. The standard InChI is InChI=1S/C6H13NO2/c7-4-2-1-3-5(8)6(4)9/h4-6,8-9H,1-3,7H2/t4-,5+,6-/m0/s1. The van der Waals surface area contributed by atoms with Crippen LogP contribution in [0.25, 0.3) is 0 Å². The summed E-state index contributed by atoms with van der Waals surface area (Å²) in [6.07, 6.45) is 1.17. The first-order chi connectivity index (χ1) is 4.22. The molecule has 3 nitrogen and oxygen atoms in total. The van der Waals surface area contributed by atoms with E-state index in [2.05, 4.69) is 0 Å². The average Bonchev–Trinajstić information content (AvgIpc) is 1.83. The van der Waals surface area contributed by atoms with Gasteiger partial charge in [0.15, 0.2) is 0 Å². The number of nitrogens with two attached hydrogens (primary N) is 1. The van der Waals surface area contributed by atoms with Crippen LogP contribution in [0.2, 0.25) is 0 Å². The third-order valence-corrected chi connectivity index (χ3v) is 1.87. The molecule has 1 aliphatic carbocycles. The molecule has 3 heteroatoms. The highest BCUT2D eigenvalue weighted by atomic mass is 16.3. The summed E-state index contributed by atoms with van der Waals surface area (Å²) >= 11 is 0. The molecule has 1 rings (SSSR count). The molecular weight excluding hydrogens is 118 g/mol. The fourth-order valence-electron chi connectivity index (χ4n) is 1.19. The Morgan fingerprint density at radius 2 is 1.89 bits per heavy atom. The highest BCUT2D eigenvalue weighted by Gasteiger charge is 2.26. The Hall–Kier alpha value is -0.120. The quantitative estimate of drug-likeness (QED) is 0.404. The van der Waals surface area contributed by atoms with Gasteiger partial charge in [0, 0.05) is 6.04 Å². The molecule has 3 atom stereocenters. The van der Waals surface area contributed by atoms with E-state index in [-0.39, 0.29) is 6.04 Å². The minimum Gasteiger partial charge on any atom is -0.390 e. The molecular formula is C6H13NO2. The molecule has 0 heterocycles. The highest BCUT2D eigenvalue weighted by molar-refractivity contribution is 4.83. The zero-order valence-electron chi connectivity index (χ0n) is 5.33. The van der Waals surface area contributed by atoms with Crippen molar-refractivity contribution in [2.45, 2.75) is 37.5 Å². The van der Waals surface area contributed by atoms with Gasteiger partial charge in [0.1, 0.15) is 0 Å². The summed E-state index contributed by atoms with van der Waals surface area (Å²) in [6.45, 7) is 0. The van der Waals surface area contributed by atoms with Gasteiger partial charge in [-0.25, -0.2) is 0 Å². The second-order valence-corrected chi connectivity index (χ2v) is 2.65. The lowest BCUT2D eigenvalue weighted by Crippen LogP contribution is -2.46. The summed E-state index contributed by atoms with van der Waals surface area (Å²) in [5.74, 6) is 0. The Kier molecular flexibility index (Phi) is 2.05. The second-order valence-electron chi connectivity index (χ2n) is 2.65. The Morgan fingerprint density at radius 3 is 2.33 bits per heavy atom. The molecule has 54 valence electrons. The fourth-order valence-corrected chi connectivity index (χ4v) is 1.19. The van der Waals surface area contributed by atoms with E-state index in [9.17, 15) is 0 Å². The van der Waals surface area contributed by atoms with Crippen molar-refractivity contribution in [3.05, 3.63) is 0 Å². The van der Waals surface area contributed by atoms with Crippen LogP contribution >= 0.6 is 0 Å². The lowest BCUT2D eigenvalue weighted by Gasteiger charge is -2.28. The fraction of sp³-hybridized carbons (Fsp3) is 1.00. The molecule has 0 aromatic rings. The minimum atomic E-state index is -0.696. The highest BCUT2D eigenvalue weighted by Crippen LogP contribution is 2.16. The largest absolute Gasteiger partial charge is 0.390 e. The van der Waals surface area contributed by atoms with E-state index in [1.54, 1.807) is 0 Å². The average molecular weight is 131 g/mol. The van der Waals surface area contributed by atoms with Crippen molar-refractivity contribution in [3.63, 3.8) is 0 Å². The van der Waals surface area contributed by atoms with Gasteiger partial charge in [-0.1, -0.05) is 0 Å². The normalized spacial score (nSPS) is 45.0. The maximum absolute atomic E-state index is 9.07. The monoisotopic (exact) mass is 131 g/mol. The Bertz CT molecular complexity index is 87.1. The molecule has 1 saturated carbocycles. The molecule has 1 aliphatic rings. The van der Waals surface area contributed by atoms with E-state index in [4.69, 9.17) is 15.9 Å². The van der Waals surface area contributed by atoms with Crippen molar-refractivity contribution in [3.8, 4) is 0 Å². The van der Waals surface area contributed by atoms with Crippen LogP contribution in [-0.4, -0.2) is 28.5 Å². The van der Waals surface area contributed by atoms with E-state index in [1.165, 1.54) is 0 Å². The van der Waals surface area contributed by atoms with Gasteiger partial charge in [-0.2, -0.15) is 0 Å². The molecule has 0 aromatic carbocycles. The molecule has 0 bridgehead atoms. The predicted octanol–water partition coefficient (Wildman–Crippen LogP) is -0.781. The Morgan fingerprint density at radius 1 is 1.22 bits per heavy atom. The van der Waals surface area contributed by atoms with Crippen LogP contribution in [0.15, 0.2) is 0 Å². The van der Waals surface area contributed by atoms with Crippen LogP contribution in [0.5, 0.6) is 0 Å². The molecule has 1 fully saturated rings. The summed E-state index contributed by atoms with van der Waals surface area (Å²) in [5, 5.41) is 18.1. The number of rotatable bonds is 0.